The van der Waals surface area contributed by atoms with Gasteiger partial charge in [0, 0.05) is 37.4 Å². The van der Waals surface area contributed by atoms with Crippen LogP contribution < -0.4 is 0 Å². The van der Waals surface area contributed by atoms with Gasteiger partial charge in [0.05, 0.1) is 5.92 Å². The van der Waals surface area contributed by atoms with E-state index in [2.05, 4.69) is 65.7 Å². The van der Waals surface area contributed by atoms with Crippen LogP contribution in [0.15, 0.2) is 37.9 Å². The van der Waals surface area contributed by atoms with Gasteiger partial charge in [-0.3, -0.25) is 4.79 Å². The minimum atomic E-state index is -0.661. The monoisotopic (exact) mass is 503 g/mol. The summed E-state index contributed by atoms with van der Waals surface area (Å²) in [6.07, 6.45) is 4.98. The Morgan fingerprint density at radius 3 is 2.40 bits per heavy atom. The SMILES string of the molecule is O=C(O)C1CCCN(CCC=C(c2sccc2Br)c2sccc2Br)C1. The van der Waals surface area contributed by atoms with E-state index in [1.54, 1.807) is 22.7 Å². The molecule has 1 atom stereocenters. The zero-order valence-electron chi connectivity index (χ0n) is 13.6. The Kier molecular flexibility index (Phi) is 6.91. The minimum Gasteiger partial charge on any atom is -0.481 e. The van der Waals surface area contributed by atoms with Crippen molar-refractivity contribution in [3.05, 3.63) is 47.7 Å². The van der Waals surface area contributed by atoms with Crippen molar-refractivity contribution in [3.63, 3.8) is 0 Å². The number of halogens is 2. The normalized spacial score (nSPS) is 18.2. The van der Waals surface area contributed by atoms with Gasteiger partial charge in [-0.05, 0) is 80.6 Å². The first kappa shape index (κ1) is 19.3. The minimum absolute atomic E-state index is 0.213. The first-order valence-electron chi connectivity index (χ1n) is 8.18. The molecule has 0 amide bonds. The van der Waals surface area contributed by atoms with Crippen molar-refractivity contribution in [3.8, 4) is 0 Å². The predicted molar refractivity (Wildman–Crippen MR) is 113 cm³/mol. The van der Waals surface area contributed by atoms with Gasteiger partial charge in [-0.25, -0.2) is 0 Å². The fraction of sp³-hybridized carbons (Fsp3) is 0.389. The van der Waals surface area contributed by atoms with Gasteiger partial charge < -0.3 is 10.0 Å². The highest BCUT2D eigenvalue weighted by Crippen LogP contribution is 2.39. The lowest BCUT2D eigenvalue weighted by Crippen LogP contribution is -2.39. The van der Waals surface area contributed by atoms with Crippen LogP contribution in [0.2, 0.25) is 0 Å². The van der Waals surface area contributed by atoms with Crippen molar-refractivity contribution in [1.82, 2.24) is 4.90 Å². The van der Waals surface area contributed by atoms with Crippen LogP contribution in [0.3, 0.4) is 0 Å². The maximum Gasteiger partial charge on any atom is 0.307 e. The molecular weight excluding hydrogens is 486 g/mol. The Labute approximate surface area is 172 Å². The largest absolute Gasteiger partial charge is 0.481 e. The Morgan fingerprint density at radius 1 is 1.24 bits per heavy atom. The molecule has 1 aliphatic rings. The van der Waals surface area contributed by atoms with Crippen molar-refractivity contribution < 1.29 is 9.90 Å². The molecule has 134 valence electrons. The van der Waals surface area contributed by atoms with E-state index in [1.807, 2.05) is 0 Å². The molecular formula is C18H19Br2NO2S2. The smallest absolute Gasteiger partial charge is 0.307 e. The molecule has 0 aliphatic carbocycles. The summed E-state index contributed by atoms with van der Waals surface area (Å²) in [5.74, 6) is -0.874. The highest BCUT2D eigenvalue weighted by molar-refractivity contribution is 9.11. The molecule has 0 spiro atoms. The van der Waals surface area contributed by atoms with Crippen molar-refractivity contribution in [2.45, 2.75) is 19.3 Å². The predicted octanol–water partition coefficient (Wildman–Crippen LogP) is 5.95. The summed E-state index contributed by atoms with van der Waals surface area (Å²) in [5, 5.41) is 13.4. The molecule has 3 heterocycles. The molecule has 1 aliphatic heterocycles. The highest BCUT2D eigenvalue weighted by atomic mass is 79.9. The van der Waals surface area contributed by atoms with Crippen LogP contribution in [-0.4, -0.2) is 35.6 Å². The summed E-state index contributed by atoms with van der Waals surface area (Å²) in [6.45, 7) is 2.57. The van der Waals surface area contributed by atoms with Gasteiger partial charge in [0.15, 0.2) is 0 Å². The molecule has 1 fully saturated rings. The summed E-state index contributed by atoms with van der Waals surface area (Å²) in [7, 11) is 0. The zero-order valence-corrected chi connectivity index (χ0v) is 18.4. The van der Waals surface area contributed by atoms with Crippen LogP contribution in [0.25, 0.3) is 5.57 Å². The number of carboxylic acid groups (broad SMARTS) is 1. The average Bonchev–Trinajstić information content (AvgIpc) is 3.21. The van der Waals surface area contributed by atoms with Gasteiger partial charge >= 0.3 is 5.97 Å². The molecule has 7 heteroatoms. The van der Waals surface area contributed by atoms with Crippen LogP contribution in [0, 0.1) is 5.92 Å². The molecule has 2 aromatic heterocycles. The molecule has 0 radical (unpaired) electrons. The van der Waals surface area contributed by atoms with E-state index in [0.717, 1.165) is 41.3 Å². The number of piperidine rings is 1. The lowest BCUT2D eigenvalue weighted by atomic mass is 9.98. The lowest BCUT2D eigenvalue weighted by molar-refractivity contribution is -0.143. The standard InChI is InChI=1S/C18H19Br2NO2S2/c19-14-5-9-24-16(14)13(17-15(20)6-10-25-17)4-2-8-21-7-1-3-12(11-21)18(22)23/h4-6,9-10,12H,1-3,7-8,11H2,(H,22,23). The summed E-state index contributed by atoms with van der Waals surface area (Å²) in [5.41, 5.74) is 1.25. The number of carboxylic acids is 1. The van der Waals surface area contributed by atoms with Crippen LogP contribution in [-0.2, 0) is 4.79 Å². The quantitative estimate of drug-likeness (QED) is 0.528. The number of likely N-dealkylation sites (tertiary alicyclic amines) is 1. The molecule has 1 N–H and O–H groups in total. The zero-order chi connectivity index (χ0) is 17.8. The molecule has 25 heavy (non-hydrogen) atoms. The fourth-order valence-corrected chi connectivity index (χ4v) is 6.45. The Morgan fingerprint density at radius 2 is 1.88 bits per heavy atom. The molecule has 1 unspecified atom stereocenters. The van der Waals surface area contributed by atoms with Crippen molar-refractivity contribution >= 4 is 66.1 Å². The van der Waals surface area contributed by atoms with Crippen molar-refractivity contribution in [2.24, 2.45) is 5.92 Å². The first-order valence-corrected chi connectivity index (χ1v) is 11.5. The number of nitrogens with zero attached hydrogens (tertiary/aromatic N) is 1. The summed E-state index contributed by atoms with van der Waals surface area (Å²) < 4.78 is 2.24. The van der Waals surface area contributed by atoms with Gasteiger partial charge in [-0.2, -0.15) is 0 Å². The second-order valence-corrected chi connectivity index (χ2v) is 9.62. The third-order valence-corrected chi connectivity index (χ3v) is 8.11. The summed E-state index contributed by atoms with van der Waals surface area (Å²) in [6, 6.07) is 4.16. The maximum atomic E-state index is 11.2. The number of hydrogen-bond donors (Lipinski definition) is 1. The maximum absolute atomic E-state index is 11.2. The van der Waals surface area contributed by atoms with Gasteiger partial charge in [0.1, 0.15) is 0 Å². The third kappa shape index (κ3) is 4.83. The number of carbonyl (C=O) groups is 1. The molecule has 3 rings (SSSR count). The van der Waals surface area contributed by atoms with Crippen LogP contribution >= 0.6 is 54.5 Å². The number of aliphatic carboxylic acids is 1. The van der Waals surface area contributed by atoms with Crippen LogP contribution in [0.4, 0.5) is 0 Å². The van der Waals surface area contributed by atoms with E-state index in [0.29, 0.717) is 6.54 Å². The fourth-order valence-electron chi connectivity index (χ4n) is 3.11. The van der Waals surface area contributed by atoms with Gasteiger partial charge in [-0.1, -0.05) is 6.08 Å². The van der Waals surface area contributed by atoms with Gasteiger partial charge in [0.25, 0.3) is 0 Å². The second-order valence-electron chi connectivity index (χ2n) is 6.08. The van der Waals surface area contributed by atoms with Crippen LogP contribution in [0.1, 0.15) is 29.0 Å². The van der Waals surface area contributed by atoms with E-state index in [1.165, 1.54) is 15.3 Å². The van der Waals surface area contributed by atoms with E-state index < -0.39 is 5.97 Å². The van der Waals surface area contributed by atoms with Gasteiger partial charge in [0.2, 0.25) is 0 Å². The van der Waals surface area contributed by atoms with Crippen molar-refractivity contribution in [1.29, 1.82) is 0 Å². The first-order chi connectivity index (χ1) is 12.1. The van der Waals surface area contributed by atoms with Gasteiger partial charge in [-0.15, -0.1) is 22.7 Å². The number of thiophene rings is 2. The topological polar surface area (TPSA) is 40.5 Å². The Hall–Kier alpha value is -0.470. The van der Waals surface area contributed by atoms with E-state index in [9.17, 15) is 9.90 Å². The Bertz CT molecular complexity index is 726. The molecule has 0 saturated carbocycles. The van der Waals surface area contributed by atoms with E-state index in [-0.39, 0.29) is 5.92 Å². The lowest BCUT2D eigenvalue weighted by Gasteiger charge is -2.30. The molecule has 0 bridgehead atoms. The van der Waals surface area contributed by atoms with Crippen molar-refractivity contribution in [2.75, 3.05) is 19.6 Å². The number of rotatable bonds is 6. The second kappa shape index (κ2) is 8.95. The molecule has 0 aromatic carbocycles. The van der Waals surface area contributed by atoms with E-state index >= 15 is 0 Å². The molecule has 2 aromatic rings. The van der Waals surface area contributed by atoms with Crippen LogP contribution in [0.5, 0.6) is 0 Å². The number of hydrogen-bond acceptors (Lipinski definition) is 4. The summed E-state index contributed by atoms with van der Waals surface area (Å²) >= 11 is 10.8. The average molecular weight is 505 g/mol. The third-order valence-electron chi connectivity index (χ3n) is 4.37. The molecule has 1 saturated heterocycles. The highest BCUT2D eigenvalue weighted by Gasteiger charge is 2.24. The molecule has 3 nitrogen and oxygen atoms in total. The summed E-state index contributed by atoms with van der Waals surface area (Å²) in [4.78, 5) is 16.0. The van der Waals surface area contributed by atoms with E-state index in [4.69, 9.17) is 0 Å². The Balaban J connectivity index is 1.73.